The Bertz CT molecular complexity index is 839. The van der Waals surface area contributed by atoms with Crippen molar-refractivity contribution in [2.24, 2.45) is 10.2 Å². The smallest absolute Gasteiger partial charge is 0.239 e. The lowest BCUT2D eigenvalue weighted by Gasteiger charge is -2.16. The van der Waals surface area contributed by atoms with Gasteiger partial charge in [0.1, 0.15) is 0 Å². The standard InChI is InChI=1S/C21H25N3OS/c1-3-5-12-18(4-2)22-23-21-24(20(25)15-26-21)14-17-11-8-10-16-9-6-7-13-19(16)17/h6-11,13H,3-5,12,14-15H2,1-2H3/b22-18+,23-21-. The van der Waals surface area contributed by atoms with Gasteiger partial charge in [-0.25, -0.2) is 0 Å². The van der Waals surface area contributed by atoms with Crippen LogP contribution in [0.15, 0.2) is 52.7 Å². The molecule has 1 amide bonds. The summed E-state index contributed by atoms with van der Waals surface area (Å²) in [4.78, 5) is 14.2. The molecule has 1 fully saturated rings. The van der Waals surface area contributed by atoms with Gasteiger partial charge in [-0.1, -0.05) is 74.5 Å². The largest absolute Gasteiger partial charge is 0.285 e. The number of amides is 1. The second-order valence-corrected chi connectivity index (χ2v) is 7.36. The highest BCUT2D eigenvalue weighted by Crippen LogP contribution is 2.25. The Hall–Kier alpha value is -2.14. The molecule has 0 atom stereocenters. The van der Waals surface area contributed by atoms with Crippen LogP contribution in [0.2, 0.25) is 0 Å². The highest BCUT2D eigenvalue weighted by atomic mass is 32.2. The molecule has 0 unspecified atom stereocenters. The summed E-state index contributed by atoms with van der Waals surface area (Å²) in [5.41, 5.74) is 2.24. The van der Waals surface area contributed by atoms with Gasteiger partial charge in [0.15, 0.2) is 5.17 Å². The Morgan fingerprint density at radius 1 is 1.15 bits per heavy atom. The van der Waals surface area contributed by atoms with E-state index in [2.05, 4.69) is 48.3 Å². The number of amidine groups is 1. The topological polar surface area (TPSA) is 45.0 Å². The van der Waals surface area contributed by atoms with Gasteiger partial charge in [-0.3, -0.25) is 9.69 Å². The highest BCUT2D eigenvalue weighted by Gasteiger charge is 2.28. The Kier molecular flexibility index (Phi) is 6.45. The number of rotatable bonds is 7. The first-order valence-corrected chi connectivity index (χ1v) is 10.2. The van der Waals surface area contributed by atoms with Crippen molar-refractivity contribution in [1.29, 1.82) is 0 Å². The molecule has 136 valence electrons. The van der Waals surface area contributed by atoms with Gasteiger partial charge in [-0.05, 0) is 35.6 Å². The number of fused-ring (bicyclic) bond motifs is 1. The lowest BCUT2D eigenvalue weighted by molar-refractivity contribution is -0.124. The van der Waals surface area contributed by atoms with E-state index in [4.69, 9.17) is 0 Å². The Morgan fingerprint density at radius 2 is 1.96 bits per heavy atom. The molecule has 0 radical (unpaired) electrons. The van der Waals surface area contributed by atoms with Crippen LogP contribution in [0, 0.1) is 0 Å². The molecule has 1 heterocycles. The summed E-state index contributed by atoms with van der Waals surface area (Å²) in [6, 6.07) is 14.5. The summed E-state index contributed by atoms with van der Waals surface area (Å²) in [7, 11) is 0. The van der Waals surface area contributed by atoms with Crippen molar-refractivity contribution in [1.82, 2.24) is 4.90 Å². The monoisotopic (exact) mass is 367 g/mol. The molecular weight excluding hydrogens is 342 g/mol. The Labute approximate surface area is 159 Å². The van der Waals surface area contributed by atoms with Crippen molar-refractivity contribution in [3.63, 3.8) is 0 Å². The number of hydrogen-bond donors (Lipinski definition) is 0. The molecule has 1 aliphatic rings. The van der Waals surface area contributed by atoms with Gasteiger partial charge in [0.05, 0.1) is 12.3 Å². The first-order valence-electron chi connectivity index (χ1n) is 9.26. The molecule has 4 nitrogen and oxygen atoms in total. The molecule has 26 heavy (non-hydrogen) atoms. The summed E-state index contributed by atoms with van der Waals surface area (Å²) in [6.45, 7) is 4.82. The average Bonchev–Trinajstić information content (AvgIpc) is 3.02. The van der Waals surface area contributed by atoms with Crippen molar-refractivity contribution in [2.75, 3.05) is 5.75 Å². The molecule has 0 saturated carbocycles. The third kappa shape index (κ3) is 4.33. The molecule has 5 heteroatoms. The number of thioether (sulfide) groups is 1. The van der Waals surface area contributed by atoms with E-state index in [0.29, 0.717) is 17.5 Å². The quantitative estimate of drug-likeness (QED) is 0.497. The predicted octanol–water partition coefficient (Wildman–Crippen LogP) is 5.23. The van der Waals surface area contributed by atoms with Crippen molar-refractivity contribution in [2.45, 2.75) is 46.1 Å². The average molecular weight is 368 g/mol. The molecule has 0 N–H and O–H groups in total. The number of carbonyl (C=O) groups is 1. The molecule has 0 bridgehead atoms. The molecule has 0 aliphatic carbocycles. The summed E-state index contributed by atoms with van der Waals surface area (Å²) in [6.07, 6.45) is 4.16. The van der Waals surface area contributed by atoms with Gasteiger partial charge < -0.3 is 0 Å². The Morgan fingerprint density at radius 3 is 2.77 bits per heavy atom. The van der Waals surface area contributed by atoms with Crippen LogP contribution in [0.3, 0.4) is 0 Å². The number of hydrogen-bond acceptors (Lipinski definition) is 4. The van der Waals surface area contributed by atoms with Crippen LogP contribution >= 0.6 is 11.8 Å². The minimum absolute atomic E-state index is 0.100. The molecule has 1 aliphatic heterocycles. The highest BCUT2D eigenvalue weighted by molar-refractivity contribution is 8.15. The predicted molar refractivity (Wildman–Crippen MR) is 112 cm³/mol. The molecule has 0 spiro atoms. The maximum absolute atomic E-state index is 12.4. The first kappa shape index (κ1) is 18.6. The van der Waals surface area contributed by atoms with E-state index in [9.17, 15) is 4.79 Å². The summed E-state index contributed by atoms with van der Waals surface area (Å²) in [5, 5.41) is 12.0. The van der Waals surface area contributed by atoms with Crippen LogP contribution in [0.25, 0.3) is 10.8 Å². The van der Waals surface area contributed by atoms with Crippen LogP contribution in [0.5, 0.6) is 0 Å². The van der Waals surface area contributed by atoms with Gasteiger partial charge >= 0.3 is 0 Å². The van der Waals surface area contributed by atoms with Crippen molar-refractivity contribution < 1.29 is 4.79 Å². The lowest BCUT2D eigenvalue weighted by Crippen LogP contribution is -2.29. The summed E-state index contributed by atoms with van der Waals surface area (Å²) in [5.74, 6) is 0.540. The van der Waals surface area contributed by atoms with Gasteiger partial charge in [0.2, 0.25) is 5.91 Å². The lowest BCUT2D eigenvalue weighted by atomic mass is 10.0. The zero-order valence-corrected chi connectivity index (χ0v) is 16.3. The van der Waals surface area contributed by atoms with Crippen LogP contribution in [0.1, 0.15) is 45.1 Å². The summed E-state index contributed by atoms with van der Waals surface area (Å²) < 4.78 is 0. The Balaban J connectivity index is 1.84. The molecule has 2 aromatic carbocycles. The minimum atomic E-state index is 0.100. The fourth-order valence-corrected chi connectivity index (χ4v) is 3.85. The normalized spacial score (nSPS) is 16.8. The van der Waals surface area contributed by atoms with E-state index in [0.717, 1.165) is 37.0 Å². The van der Waals surface area contributed by atoms with Gasteiger partial charge in [-0.15, -0.1) is 5.10 Å². The van der Waals surface area contributed by atoms with Crippen LogP contribution in [-0.2, 0) is 11.3 Å². The number of carbonyl (C=O) groups excluding carboxylic acids is 1. The maximum atomic E-state index is 12.4. The maximum Gasteiger partial charge on any atom is 0.239 e. The second kappa shape index (κ2) is 8.99. The number of nitrogens with zero attached hydrogens (tertiary/aromatic N) is 3. The third-order valence-corrected chi connectivity index (χ3v) is 5.52. The minimum Gasteiger partial charge on any atom is -0.285 e. The van der Waals surface area contributed by atoms with Gasteiger partial charge in [0, 0.05) is 5.71 Å². The molecular formula is C21H25N3OS. The fraction of sp³-hybridized carbons (Fsp3) is 0.381. The zero-order chi connectivity index (χ0) is 18.4. The van der Waals surface area contributed by atoms with E-state index in [1.807, 2.05) is 18.2 Å². The molecule has 3 rings (SSSR count). The fourth-order valence-electron chi connectivity index (χ4n) is 3.02. The second-order valence-electron chi connectivity index (χ2n) is 6.41. The number of unbranched alkanes of at least 4 members (excludes halogenated alkanes) is 1. The van der Waals surface area contributed by atoms with E-state index >= 15 is 0 Å². The van der Waals surface area contributed by atoms with Gasteiger partial charge in [-0.2, -0.15) is 5.10 Å². The van der Waals surface area contributed by atoms with Gasteiger partial charge in [0.25, 0.3) is 0 Å². The molecule has 2 aromatic rings. The van der Waals surface area contributed by atoms with Crippen LogP contribution in [-0.4, -0.2) is 27.4 Å². The van der Waals surface area contributed by atoms with Crippen molar-refractivity contribution >= 4 is 39.3 Å². The van der Waals surface area contributed by atoms with Crippen LogP contribution in [0.4, 0.5) is 0 Å². The zero-order valence-electron chi connectivity index (χ0n) is 15.4. The molecule has 0 aromatic heterocycles. The van der Waals surface area contributed by atoms with E-state index in [1.54, 1.807) is 4.90 Å². The molecule has 1 saturated heterocycles. The van der Waals surface area contributed by atoms with Crippen molar-refractivity contribution in [3.8, 4) is 0 Å². The van der Waals surface area contributed by atoms with Crippen LogP contribution < -0.4 is 0 Å². The van der Waals surface area contributed by atoms with E-state index < -0.39 is 0 Å². The number of benzene rings is 2. The van der Waals surface area contributed by atoms with Crippen molar-refractivity contribution in [3.05, 3.63) is 48.0 Å². The SMILES string of the molecule is CCCC/C(CC)=N/N=C1\SCC(=O)N1Cc1cccc2ccccc12. The summed E-state index contributed by atoms with van der Waals surface area (Å²) >= 11 is 1.48. The third-order valence-electron chi connectivity index (χ3n) is 4.57. The first-order chi connectivity index (χ1) is 12.7. The van der Waals surface area contributed by atoms with E-state index in [-0.39, 0.29) is 5.91 Å². The van der Waals surface area contributed by atoms with E-state index in [1.165, 1.54) is 22.5 Å².